The monoisotopic (exact) mass is 398 g/mol. The Morgan fingerprint density at radius 2 is 2.04 bits per heavy atom. The van der Waals surface area contributed by atoms with E-state index in [0.29, 0.717) is 17.0 Å². The quantitative estimate of drug-likeness (QED) is 0.690. The van der Waals surface area contributed by atoms with Crippen molar-refractivity contribution in [1.29, 1.82) is 0 Å². The number of hydrogen-bond acceptors (Lipinski definition) is 6. The molecule has 1 aromatic carbocycles. The minimum atomic E-state index is -0.421. The Bertz CT molecular complexity index is 1060. The van der Waals surface area contributed by atoms with E-state index >= 15 is 0 Å². The molecule has 3 aromatic rings. The maximum atomic E-state index is 13.1. The standard InChI is InChI=1S/C20H22N4O3S/c1-12(2)18-16(28-23-22-18)11-21-19(25)17-13(3)9-10-24(20(17)26)14-7-5-6-8-15(14)27-4/h5-10,12H,11H2,1-4H3,(H,21,25). The van der Waals surface area contributed by atoms with Crippen LogP contribution < -0.4 is 15.6 Å². The van der Waals surface area contributed by atoms with Gasteiger partial charge in [0.15, 0.2) is 0 Å². The van der Waals surface area contributed by atoms with Crippen molar-refractivity contribution in [3.05, 3.63) is 68.6 Å². The summed E-state index contributed by atoms with van der Waals surface area (Å²) in [5, 5.41) is 6.94. The fraction of sp³-hybridized carbons (Fsp3) is 0.300. The molecule has 0 aliphatic heterocycles. The van der Waals surface area contributed by atoms with E-state index in [4.69, 9.17) is 4.74 Å². The molecule has 0 bridgehead atoms. The van der Waals surface area contributed by atoms with Crippen LogP contribution in [0.5, 0.6) is 5.75 Å². The summed E-state index contributed by atoms with van der Waals surface area (Å²) >= 11 is 1.25. The number of amides is 1. The summed E-state index contributed by atoms with van der Waals surface area (Å²) in [5.74, 6) is 0.346. The number of ether oxygens (including phenoxy) is 1. The van der Waals surface area contributed by atoms with Crippen molar-refractivity contribution < 1.29 is 9.53 Å². The maximum Gasteiger partial charge on any atom is 0.268 e. The summed E-state index contributed by atoms with van der Waals surface area (Å²) in [5.41, 5.74) is 1.77. The highest BCUT2D eigenvalue weighted by Crippen LogP contribution is 2.22. The largest absolute Gasteiger partial charge is 0.495 e. The molecule has 0 atom stereocenters. The zero-order valence-corrected chi connectivity index (χ0v) is 17.0. The van der Waals surface area contributed by atoms with Gasteiger partial charge in [-0.3, -0.25) is 14.2 Å². The third-order valence-corrected chi connectivity index (χ3v) is 5.15. The third-order valence-electron chi connectivity index (χ3n) is 4.41. The van der Waals surface area contributed by atoms with Crippen LogP contribution in [0.15, 0.2) is 41.3 Å². The summed E-state index contributed by atoms with van der Waals surface area (Å²) in [6, 6.07) is 8.93. The van der Waals surface area contributed by atoms with E-state index in [1.54, 1.807) is 38.4 Å². The first-order valence-electron chi connectivity index (χ1n) is 8.89. The zero-order chi connectivity index (χ0) is 20.3. The molecule has 28 heavy (non-hydrogen) atoms. The number of pyridine rings is 1. The number of aryl methyl sites for hydroxylation is 1. The summed E-state index contributed by atoms with van der Waals surface area (Å²) in [4.78, 5) is 26.8. The van der Waals surface area contributed by atoms with Crippen molar-refractivity contribution in [1.82, 2.24) is 19.5 Å². The number of benzene rings is 1. The summed E-state index contributed by atoms with van der Waals surface area (Å²) < 4.78 is 10.7. The third kappa shape index (κ3) is 3.82. The van der Waals surface area contributed by atoms with Crippen LogP contribution in [0.3, 0.4) is 0 Å². The van der Waals surface area contributed by atoms with E-state index in [2.05, 4.69) is 14.9 Å². The number of para-hydroxylation sites is 2. The predicted molar refractivity (Wildman–Crippen MR) is 108 cm³/mol. The highest BCUT2D eigenvalue weighted by Gasteiger charge is 2.19. The Morgan fingerprint density at radius 3 is 2.75 bits per heavy atom. The molecule has 0 saturated heterocycles. The van der Waals surface area contributed by atoms with Crippen molar-refractivity contribution in [3.63, 3.8) is 0 Å². The Labute approximate surface area is 167 Å². The fourth-order valence-electron chi connectivity index (χ4n) is 2.95. The second-order valence-corrected chi connectivity index (χ2v) is 7.48. The molecule has 2 aromatic heterocycles. The van der Waals surface area contributed by atoms with Gasteiger partial charge in [0.05, 0.1) is 29.9 Å². The first-order valence-corrected chi connectivity index (χ1v) is 9.66. The number of methoxy groups -OCH3 is 1. The van der Waals surface area contributed by atoms with Crippen LogP contribution in [0.25, 0.3) is 5.69 Å². The lowest BCUT2D eigenvalue weighted by Gasteiger charge is -2.13. The number of rotatable bonds is 6. The van der Waals surface area contributed by atoms with Crippen molar-refractivity contribution in [2.75, 3.05) is 7.11 Å². The average molecular weight is 398 g/mol. The zero-order valence-electron chi connectivity index (χ0n) is 16.2. The van der Waals surface area contributed by atoms with Crippen LogP contribution in [0.2, 0.25) is 0 Å². The molecule has 8 heteroatoms. The molecule has 0 aliphatic carbocycles. The first kappa shape index (κ1) is 19.8. The SMILES string of the molecule is COc1ccccc1-n1ccc(C)c(C(=O)NCc2snnc2C(C)C)c1=O. The van der Waals surface area contributed by atoms with Crippen LogP contribution in [-0.4, -0.2) is 27.2 Å². The number of carbonyl (C=O) groups excluding carboxylic acids is 1. The van der Waals surface area contributed by atoms with E-state index in [0.717, 1.165) is 10.6 Å². The van der Waals surface area contributed by atoms with E-state index in [9.17, 15) is 9.59 Å². The number of carbonyl (C=O) groups is 1. The van der Waals surface area contributed by atoms with Gasteiger partial charge in [-0.25, -0.2) is 0 Å². The molecule has 7 nitrogen and oxygen atoms in total. The molecule has 1 amide bonds. The normalized spacial score (nSPS) is 10.9. The van der Waals surface area contributed by atoms with Crippen molar-refractivity contribution in [2.45, 2.75) is 33.2 Å². The topological polar surface area (TPSA) is 86.1 Å². The molecule has 0 fully saturated rings. The van der Waals surface area contributed by atoms with Crippen LogP contribution in [0.1, 0.15) is 46.3 Å². The number of nitrogens with zero attached hydrogens (tertiary/aromatic N) is 3. The van der Waals surface area contributed by atoms with Crippen LogP contribution in [-0.2, 0) is 6.54 Å². The molecule has 0 aliphatic rings. The van der Waals surface area contributed by atoms with E-state index in [-0.39, 0.29) is 18.0 Å². The van der Waals surface area contributed by atoms with Crippen molar-refractivity contribution >= 4 is 17.4 Å². The van der Waals surface area contributed by atoms with E-state index in [1.165, 1.54) is 16.1 Å². The highest BCUT2D eigenvalue weighted by molar-refractivity contribution is 7.05. The Kier molecular flexibility index (Phi) is 5.89. The lowest BCUT2D eigenvalue weighted by atomic mass is 10.1. The molecular weight excluding hydrogens is 376 g/mol. The molecule has 2 heterocycles. The summed E-state index contributed by atoms with van der Waals surface area (Å²) in [6.07, 6.45) is 1.65. The van der Waals surface area contributed by atoms with Gasteiger partial charge in [-0.05, 0) is 48.1 Å². The van der Waals surface area contributed by atoms with Crippen LogP contribution in [0, 0.1) is 6.92 Å². The first-order chi connectivity index (χ1) is 13.4. The van der Waals surface area contributed by atoms with E-state index in [1.807, 2.05) is 26.0 Å². The van der Waals surface area contributed by atoms with E-state index < -0.39 is 11.5 Å². The predicted octanol–water partition coefficient (Wildman–Crippen LogP) is 3.06. The molecule has 0 spiro atoms. The molecule has 1 N–H and O–H groups in total. The summed E-state index contributed by atoms with van der Waals surface area (Å²) in [7, 11) is 1.54. The average Bonchev–Trinajstić information content (AvgIpc) is 3.15. The van der Waals surface area contributed by atoms with Gasteiger partial charge in [-0.15, -0.1) is 5.10 Å². The Balaban J connectivity index is 1.92. The summed E-state index contributed by atoms with van der Waals surface area (Å²) in [6.45, 7) is 6.08. The van der Waals surface area contributed by atoms with Gasteiger partial charge in [-0.1, -0.05) is 30.5 Å². The highest BCUT2D eigenvalue weighted by atomic mass is 32.1. The van der Waals surface area contributed by atoms with Crippen molar-refractivity contribution in [2.24, 2.45) is 0 Å². The van der Waals surface area contributed by atoms with Crippen molar-refractivity contribution in [3.8, 4) is 11.4 Å². The van der Waals surface area contributed by atoms with Gasteiger partial charge in [0, 0.05) is 6.20 Å². The number of nitrogens with one attached hydrogen (secondary N) is 1. The molecule has 0 saturated carbocycles. The van der Waals surface area contributed by atoms with Crippen LogP contribution in [0.4, 0.5) is 0 Å². The fourth-order valence-corrected chi connectivity index (χ4v) is 3.68. The second kappa shape index (κ2) is 8.35. The number of hydrogen-bond donors (Lipinski definition) is 1. The van der Waals surface area contributed by atoms with Gasteiger partial charge < -0.3 is 10.1 Å². The van der Waals surface area contributed by atoms with Gasteiger partial charge >= 0.3 is 0 Å². The molecule has 3 rings (SSSR count). The molecule has 0 unspecified atom stereocenters. The maximum absolute atomic E-state index is 13.1. The Morgan fingerprint density at radius 1 is 1.29 bits per heavy atom. The lowest BCUT2D eigenvalue weighted by molar-refractivity contribution is 0.0948. The molecule has 146 valence electrons. The van der Waals surface area contributed by atoms with Gasteiger partial charge in [-0.2, -0.15) is 0 Å². The smallest absolute Gasteiger partial charge is 0.268 e. The van der Waals surface area contributed by atoms with Gasteiger partial charge in [0.2, 0.25) is 0 Å². The second-order valence-electron chi connectivity index (χ2n) is 6.64. The number of aromatic nitrogens is 3. The minimum Gasteiger partial charge on any atom is -0.495 e. The Hall–Kier alpha value is -3.00. The van der Waals surface area contributed by atoms with Gasteiger partial charge in [0.25, 0.3) is 11.5 Å². The molecular formula is C20H22N4O3S. The van der Waals surface area contributed by atoms with Gasteiger partial charge in [0.1, 0.15) is 11.3 Å². The minimum absolute atomic E-state index is 0.108. The lowest BCUT2D eigenvalue weighted by Crippen LogP contribution is -2.33. The molecule has 0 radical (unpaired) electrons. The van der Waals surface area contributed by atoms with Crippen LogP contribution >= 0.6 is 11.5 Å².